The van der Waals surface area contributed by atoms with Gasteiger partial charge < -0.3 is 15.5 Å². The van der Waals surface area contributed by atoms with E-state index < -0.39 is 4.92 Å². The SMILES string of the molecule is CNC(=O)c1ccc(N2CCC(NC(=O)c3ccsc3)CC2)c([N+](=O)[O-])c1. The summed E-state index contributed by atoms with van der Waals surface area (Å²) in [5.41, 5.74) is 1.32. The van der Waals surface area contributed by atoms with Crippen LogP contribution < -0.4 is 15.5 Å². The van der Waals surface area contributed by atoms with E-state index in [2.05, 4.69) is 10.6 Å². The molecule has 0 spiro atoms. The van der Waals surface area contributed by atoms with Gasteiger partial charge in [0.25, 0.3) is 17.5 Å². The number of carbonyl (C=O) groups excluding carboxylic acids is 2. The third-order valence-electron chi connectivity index (χ3n) is 4.62. The molecule has 0 atom stereocenters. The Morgan fingerprint density at radius 2 is 1.93 bits per heavy atom. The van der Waals surface area contributed by atoms with E-state index in [0.29, 0.717) is 37.2 Å². The van der Waals surface area contributed by atoms with Gasteiger partial charge in [0.1, 0.15) is 5.69 Å². The Labute approximate surface area is 160 Å². The Morgan fingerprint density at radius 3 is 2.52 bits per heavy atom. The maximum absolute atomic E-state index is 12.2. The molecule has 1 aliphatic rings. The Balaban J connectivity index is 1.67. The Hall–Kier alpha value is -2.94. The zero-order valence-corrected chi connectivity index (χ0v) is 15.6. The zero-order valence-electron chi connectivity index (χ0n) is 14.8. The molecule has 142 valence electrons. The molecule has 9 heteroatoms. The minimum Gasteiger partial charge on any atom is -0.366 e. The third-order valence-corrected chi connectivity index (χ3v) is 5.30. The molecule has 3 rings (SSSR count). The van der Waals surface area contributed by atoms with Crippen molar-refractivity contribution in [3.63, 3.8) is 0 Å². The molecule has 0 unspecified atom stereocenters. The van der Waals surface area contributed by atoms with E-state index >= 15 is 0 Å². The largest absolute Gasteiger partial charge is 0.366 e. The molecule has 8 nitrogen and oxygen atoms in total. The fraction of sp³-hybridized carbons (Fsp3) is 0.333. The highest BCUT2D eigenvalue weighted by atomic mass is 32.1. The van der Waals surface area contributed by atoms with Gasteiger partial charge in [-0.1, -0.05) is 0 Å². The van der Waals surface area contributed by atoms with Crippen molar-refractivity contribution in [3.05, 3.63) is 56.3 Å². The van der Waals surface area contributed by atoms with Gasteiger partial charge in [-0.2, -0.15) is 11.3 Å². The molecule has 1 aromatic heterocycles. The van der Waals surface area contributed by atoms with Crippen LogP contribution in [0.25, 0.3) is 0 Å². The quantitative estimate of drug-likeness (QED) is 0.605. The van der Waals surface area contributed by atoms with Crippen LogP contribution in [0.4, 0.5) is 11.4 Å². The van der Waals surface area contributed by atoms with E-state index in [1.54, 1.807) is 18.2 Å². The summed E-state index contributed by atoms with van der Waals surface area (Å²) < 4.78 is 0. The second kappa shape index (κ2) is 8.17. The molecule has 0 radical (unpaired) electrons. The molecular formula is C18H20N4O4S. The fourth-order valence-corrected chi connectivity index (χ4v) is 3.79. The highest BCUT2D eigenvalue weighted by Crippen LogP contribution is 2.31. The number of piperidine rings is 1. The van der Waals surface area contributed by atoms with Gasteiger partial charge in [0.05, 0.1) is 4.92 Å². The van der Waals surface area contributed by atoms with Crippen molar-refractivity contribution in [3.8, 4) is 0 Å². The maximum atomic E-state index is 12.2. The molecule has 1 aliphatic heterocycles. The lowest BCUT2D eigenvalue weighted by Crippen LogP contribution is -2.44. The number of thiophene rings is 1. The first-order valence-corrected chi connectivity index (χ1v) is 9.52. The number of amides is 2. The van der Waals surface area contributed by atoms with Crippen LogP contribution >= 0.6 is 11.3 Å². The number of hydrogen-bond acceptors (Lipinski definition) is 6. The number of nitrogens with zero attached hydrogens (tertiary/aromatic N) is 2. The second-order valence-corrected chi connectivity index (χ2v) is 7.07. The lowest BCUT2D eigenvalue weighted by Gasteiger charge is -2.33. The van der Waals surface area contributed by atoms with E-state index in [1.165, 1.54) is 24.5 Å². The highest BCUT2D eigenvalue weighted by molar-refractivity contribution is 7.08. The molecule has 2 N–H and O–H groups in total. The minimum absolute atomic E-state index is 0.0397. The van der Waals surface area contributed by atoms with Crippen molar-refractivity contribution >= 4 is 34.5 Å². The number of anilines is 1. The summed E-state index contributed by atoms with van der Waals surface area (Å²) in [6, 6.07) is 6.33. The average Bonchev–Trinajstić information content (AvgIpc) is 3.22. The van der Waals surface area contributed by atoms with E-state index in [0.717, 1.165) is 0 Å². The summed E-state index contributed by atoms with van der Waals surface area (Å²) in [4.78, 5) is 36.8. The maximum Gasteiger partial charge on any atom is 0.293 e. The van der Waals surface area contributed by atoms with Gasteiger partial charge in [0, 0.05) is 48.8 Å². The van der Waals surface area contributed by atoms with Gasteiger partial charge in [0.2, 0.25) is 0 Å². The lowest BCUT2D eigenvalue weighted by molar-refractivity contribution is -0.384. The van der Waals surface area contributed by atoms with Crippen LogP contribution in [0.3, 0.4) is 0 Å². The first-order chi connectivity index (χ1) is 13.0. The van der Waals surface area contributed by atoms with Crippen LogP contribution in [-0.2, 0) is 0 Å². The second-order valence-electron chi connectivity index (χ2n) is 6.29. The fourth-order valence-electron chi connectivity index (χ4n) is 3.15. The predicted molar refractivity (Wildman–Crippen MR) is 104 cm³/mol. The van der Waals surface area contributed by atoms with E-state index in [1.807, 2.05) is 15.7 Å². The summed E-state index contributed by atoms with van der Waals surface area (Å²) in [7, 11) is 1.48. The highest BCUT2D eigenvalue weighted by Gasteiger charge is 2.26. The van der Waals surface area contributed by atoms with Gasteiger partial charge in [-0.3, -0.25) is 19.7 Å². The summed E-state index contributed by atoms with van der Waals surface area (Å²) in [5, 5.41) is 20.6. The third kappa shape index (κ3) is 4.25. The number of nitro groups is 1. The van der Waals surface area contributed by atoms with Gasteiger partial charge in [-0.05, 0) is 36.4 Å². The molecule has 1 saturated heterocycles. The van der Waals surface area contributed by atoms with Gasteiger partial charge >= 0.3 is 0 Å². The number of rotatable bonds is 5. The van der Waals surface area contributed by atoms with E-state index in [9.17, 15) is 19.7 Å². The van der Waals surface area contributed by atoms with E-state index in [-0.39, 0.29) is 29.1 Å². The molecule has 1 aromatic carbocycles. The molecule has 27 heavy (non-hydrogen) atoms. The van der Waals surface area contributed by atoms with Gasteiger partial charge in [-0.25, -0.2) is 0 Å². The summed E-state index contributed by atoms with van der Waals surface area (Å²) in [5.74, 6) is -0.449. The summed E-state index contributed by atoms with van der Waals surface area (Å²) in [6.07, 6.45) is 1.40. The molecule has 2 aromatic rings. The first-order valence-electron chi connectivity index (χ1n) is 8.58. The van der Waals surface area contributed by atoms with Gasteiger partial charge in [-0.15, -0.1) is 0 Å². The molecule has 2 heterocycles. The van der Waals surface area contributed by atoms with Crippen molar-refractivity contribution in [2.75, 3.05) is 25.0 Å². The number of nitrogens with one attached hydrogen (secondary N) is 2. The smallest absolute Gasteiger partial charge is 0.293 e. The predicted octanol–water partition coefficient (Wildman–Crippen LogP) is 2.41. The van der Waals surface area contributed by atoms with Crippen molar-refractivity contribution in [2.24, 2.45) is 0 Å². The summed E-state index contributed by atoms with van der Waals surface area (Å²) in [6.45, 7) is 1.18. The molecule has 0 aliphatic carbocycles. The lowest BCUT2D eigenvalue weighted by atomic mass is 10.0. The van der Waals surface area contributed by atoms with Crippen LogP contribution in [0.1, 0.15) is 33.6 Å². The van der Waals surface area contributed by atoms with Crippen LogP contribution in [0.15, 0.2) is 35.0 Å². The Bertz CT molecular complexity index is 845. The monoisotopic (exact) mass is 388 g/mol. The standard InChI is InChI=1S/C18H20N4O4S/c1-19-17(23)12-2-3-15(16(10-12)22(25)26)21-7-4-14(5-8-21)20-18(24)13-6-9-27-11-13/h2-3,6,9-11,14H,4-5,7-8H2,1H3,(H,19,23)(H,20,24). The molecule has 0 bridgehead atoms. The van der Waals surface area contributed by atoms with Crippen LogP contribution in [0.5, 0.6) is 0 Å². The first kappa shape index (κ1) is 18.8. The number of benzene rings is 1. The number of carbonyl (C=O) groups is 2. The Kier molecular flexibility index (Phi) is 5.70. The molecule has 1 fully saturated rings. The number of nitro benzene ring substituents is 1. The minimum atomic E-state index is -0.466. The van der Waals surface area contributed by atoms with E-state index in [4.69, 9.17) is 0 Å². The summed E-state index contributed by atoms with van der Waals surface area (Å²) >= 11 is 1.48. The van der Waals surface area contributed by atoms with Crippen molar-refractivity contribution in [1.29, 1.82) is 0 Å². The van der Waals surface area contributed by atoms with Crippen LogP contribution in [0.2, 0.25) is 0 Å². The molecule has 0 saturated carbocycles. The Morgan fingerprint density at radius 1 is 1.19 bits per heavy atom. The van der Waals surface area contributed by atoms with Gasteiger partial charge in [0.15, 0.2) is 0 Å². The number of hydrogen-bond donors (Lipinski definition) is 2. The van der Waals surface area contributed by atoms with Crippen molar-refractivity contribution < 1.29 is 14.5 Å². The zero-order chi connectivity index (χ0) is 19.4. The van der Waals surface area contributed by atoms with Crippen molar-refractivity contribution in [1.82, 2.24) is 10.6 Å². The van der Waals surface area contributed by atoms with Crippen LogP contribution in [-0.4, -0.2) is 42.9 Å². The normalized spacial score (nSPS) is 14.6. The van der Waals surface area contributed by atoms with Crippen LogP contribution in [0, 0.1) is 10.1 Å². The molecule has 2 amide bonds. The van der Waals surface area contributed by atoms with Crippen molar-refractivity contribution in [2.45, 2.75) is 18.9 Å². The molecular weight excluding hydrogens is 368 g/mol. The topological polar surface area (TPSA) is 105 Å². The average molecular weight is 388 g/mol.